The van der Waals surface area contributed by atoms with Crippen LogP contribution in [0.1, 0.15) is 25.0 Å². The molecule has 0 spiro atoms. The first-order valence-corrected chi connectivity index (χ1v) is 14.0. The SMILES string of the molecule is CC(Oc1cc(-c2ccc(NS(=O)(=O)CCN3CC[C@@H](O)C3)cc2)cnc1N)c1c(Cl)ccc(F)c1Cl. The van der Waals surface area contributed by atoms with E-state index in [9.17, 15) is 17.9 Å². The molecule has 2 heterocycles. The number of nitrogens with one attached hydrogen (secondary N) is 1. The minimum Gasteiger partial charge on any atom is -0.482 e. The van der Waals surface area contributed by atoms with Gasteiger partial charge in [0.2, 0.25) is 10.0 Å². The third-order valence-corrected chi connectivity index (χ3v) is 8.07. The molecule has 37 heavy (non-hydrogen) atoms. The van der Waals surface area contributed by atoms with Crippen LogP contribution in [-0.2, 0) is 10.0 Å². The molecule has 4 N–H and O–H groups in total. The summed E-state index contributed by atoms with van der Waals surface area (Å²) in [4.78, 5) is 6.12. The van der Waals surface area contributed by atoms with Crippen LogP contribution in [-0.4, -0.2) is 54.9 Å². The van der Waals surface area contributed by atoms with E-state index >= 15 is 0 Å². The quantitative estimate of drug-likeness (QED) is 0.319. The lowest BCUT2D eigenvalue weighted by molar-refractivity contribution is 0.178. The lowest BCUT2D eigenvalue weighted by Gasteiger charge is -2.19. The standard InChI is InChI=1S/C25H27Cl2FN4O4S/c1-15(23-20(26)6-7-21(28)24(23)27)36-22-12-17(13-30-25(22)29)16-2-4-18(5-3-16)31-37(34,35)11-10-32-9-8-19(33)14-32/h2-7,12-13,15,19,31,33H,8-11,14H2,1H3,(H2,29,30)/t15?,19-/m1/s1. The van der Waals surface area contributed by atoms with E-state index in [1.54, 1.807) is 43.5 Å². The Kier molecular flexibility index (Phi) is 8.45. The van der Waals surface area contributed by atoms with Crippen molar-refractivity contribution in [3.8, 4) is 16.9 Å². The third-order valence-electron chi connectivity index (χ3n) is 6.09. The summed E-state index contributed by atoms with van der Waals surface area (Å²) in [6.07, 6.45) is 1.12. The summed E-state index contributed by atoms with van der Waals surface area (Å²) >= 11 is 12.3. The zero-order chi connectivity index (χ0) is 26.7. The predicted molar refractivity (Wildman–Crippen MR) is 144 cm³/mol. The Labute approximate surface area is 225 Å². The summed E-state index contributed by atoms with van der Waals surface area (Å²) in [5.41, 5.74) is 8.15. The number of anilines is 2. The number of sulfonamides is 1. The molecule has 0 aliphatic carbocycles. The van der Waals surface area contributed by atoms with Crippen LogP contribution in [0, 0.1) is 5.82 Å². The van der Waals surface area contributed by atoms with Crippen molar-refractivity contribution in [2.45, 2.75) is 25.6 Å². The highest BCUT2D eigenvalue weighted by Crippen LogP contribution is 2.37. The van der Waals surface area contributed by atoms with Crippen molar-refractivity contribution in [3.63, 3.8) is 0 Å². The Morgan fingerprint density at radius 2 is 1.97 bits per heavy atom. The van der Waals surface area contributed by atoms with Crippen LogP contribution in [0.2, 0.25) is 10.0 Å². The molecule has 8 nitrogen and oxygen atoms in total. The molecule has 1 fully saturated rings. The fourth-order valence-electron chi connectivity index (χ4n) is 4.10. The molecule has 198 valence electrons. The van der Waals surface area contributed by atoms with Crippen LogP contribution in [0.15, 0.2) is 48.7 Å². The fourth-order valence-corrected chi connectivity index (χ4v) is 5.87. The number of rotatable bonds is 9. The third kappa shape index (κ3) is 6.82. The zero-order valence-corrected chi connectivity index (χ0v) is 22.3. The number of β-amino-alcohol motifs (C(OH)–C–C–N with tert-alkyl or cyclic N) is 1. The van der Waals surface area contributed by atoms with Crippen LogP contribution < -0.4 is 15.2 Å². The van der Waals surface area contributed by atoms with Gasteiger partial charge in [-0.05, 0) is 49.2 Å². The average molecular weight is 569 g/mol. The second kappa shape index (κ2) is 11.4. The van der Waals surface area contributed by atoms with Crippen molar-refractivity contribution in [1.29, 1.82) is 0 Å². The monoisotopic (exact) mass is 568 g/mol. The first kappa shape index (κ1) is 27.4. The van der Waals surface area contributed by atoms with E-state index in [0.29, 0.717) is 42.9 Å². The molecule has 0 bridgehead atoms. The van der Waals surface area contributed by atoms with E-state index in [2.05, 4.69) is 9.71 Å². The van der Waals surface area contributed by atoms with Crippen molar-refractivity contribution in [2.75, 3.05) is 35.8 Å². The maximum atomic E-state index is 13.9. The van der Waals surface area contributed by atoms with Gasteiger partial charge in [-0.25, -0.2) is 17.8 Å². The second-order valence-electron chi connectivity index (χ2n) is 8.87. The molecule has 0 saturated carbocycles. The summed E-state index contributed by atoms with van der Waals surface area (Å²) in [5, 5.41) is 9.73. The van der Waals surface area contributed by atoms with Gasteiger partial charge in [0, 0.05) is 47.7 Å². The Hall–Kier alpha value is -2.63. The van der Waals surface area contributed by atoms with Gasteiger partial charge < -0.3 is 15.6 Å². The van der Waals surface area contributed by atoms with Crippen molar-refractivity contribution in [2.24, 2.45) is 0 Å². The number of halogens is 3. The highest BCUT2D eigenvalue weighted by molar-refractivity contribution is 7.92. The smallest absolute Gasteiger partial charge is 0.233 e. The molecule has 2 aromatic carbocycles. The number of aliphatic hydroxyl groups excluding tert-OH is 1. The number of nitrogens with zero attached hydrogens (tertiary/aromatic N) is 2. The first-order chi connectivity index (χ1) is 17.5. The lowest BCUT2D eigenvalue weighted by Crippen LogP contribution is -2.30. The van der Waals surface area contributed by atoms with E-state index in [-0.39, 0.29) is 27.4 Å². The molecule has 1 aromatic heterocycles. The number of aliphatic hydroxyl groups is 1. The first-order valence-electron chi connectivity index (χ1n) is 11.6. The van der Waals surface area contributed by atoms with Gasteiger partial charge in [0.05, 0.1) is 16.9 Å². The number of nitrogen functional groups attached to an aromatic ring is 1. The molecule has 3 aromatic rings. The molecule has 2 atom stereocenters. The zero-order valence-electron chi connectivity index (χ0n) is 20.0. The number of hydrogen-bond acceptors (Lipinski definition) is 7. The van der Waals surface area contributed by atoms with Gasteiger partial charge in [0.25, 0.3) is 0 Å². The number of ether oxygens (including phenoxy) is 1. The second-order valence-corrected chi connectivity index (χ2v) is 11.5. The van der Waals surface area contributed by atoms with Crippen molar-refractivity contribution in [1.82, 2.24) is 9.88 Å². The number of nitrogens with two attached hydrogens (primary N) is 1. The lowest BCUT2D eigenvalue weighted by atomic mass is 10.1. The van der Waals surface area contributed by atoms with Gasteiger partial charge in [-0.2, -0.15) is 0 Å². The van der Waals surface area contributed by atoms with Crippen LogP contribution in [0.3, 0.4) is 0 Å². The summed E-state index contributed by atoms with van der Waals surface area (Å²) < 4.78 is 47.4. The highest BCUT2D eigenvalue weighted by atomic mass is 35.5. The van der Waals surface area contributed by atoms with Gasteiger partial charge in [0.15, 0.2) is 11.6 Å². The van der Waals surface area contributed by atoms with E-state index in [1.807, 2.05) is 4.90 Å². The van der Waals surface area contributed by atoms with Gasteiger partial charge in [-0.1, -0.05) is 35.3 Å². The van der Waals surface area contributed by atoms with Gasteiger partial charge in [-0.3, -0.25) is 9.62 Å². The number of benzene rings is 2. The number of likely N-dealkylation sites (tertiary alicyclic amines) is 1. The van der Waals surface area contributed by atoms with Crippen molar-refractivity contribution >= 4 is 44.7 Å². The minimum atomic E-state index is -3.55. The maximum absolute atomic E-state index is 13.9. The number of pyridine rings is 1. The molecule has 4 rings (SSSR count). The minimum absolute atomic E-state index is 0.0679. The predicted octanol–water partition coefficient (Wildman–Crippen LogP) is 4.73. The topological polar surface area (TPSA) is 118 Å². The molecule has 1 aliphatic rings. The molecular formula is C25H27Cl2FN4O4S. The number of hydrogen-bond donors (Lipinski definition) is 3. The Morgan fingerprint density at radius 3 is 2.65 bits per heavy atom. The van der Waals surface area contributed by atoms with E-state index in [0.717, 1.165) is 5.56 Å². The van der Waals surface area contributed by atoms with Crippen molar-refractivity contribution in [3.05, 3.63) is 70.1 Å². The largest absolute Gasteiger partial charge is 0.482 e. The average Bonchev–Trinajstić information content (AvgIpc) is 3.27. The molecule has 12 heteroatoms. The molecular weight excluding hydrogens is 542 g/mol. The Bertz CT molecular complexity index is 1380. The van der Waals surface area contributed by atoms with Gasteiger partial charge >= 0.3 is 0 Å². The summed E-state index contributed by atoms with van der Waals surface area (Å²) in [6, 6.07) is 11.1. The fraction of sp³-hybridized carbons (Fsp3) is 0.320. The van der Waals surface area contributed by atoms with Gasteiger partial charge in [0.1, 0.15) is 11.9 Å². The van der Waals surface area contributed by atoms with E-state index in [4.69, 9.17) is 33.7 Å². The summed E-state index contributed by atoms with van der Waals surface area (Å²) in [7, 11) is -3.55. The summed E-state index contributed by atoms with van der Waals surface area (Å²) in [5.74, 6) is -0.282. The molecule has 1 aliphatic heterocycles. The number of aromatic nitrogens is 1. The van der Waals surface area contributed by atoms with Crippen molar-refractivity contribution < 1.29 is 22.7 Å². The molecule has 0 amide bonds. The molecule has 1 saturated heterocycles. The van der Waals surface area contributed by atoms with Crippen LogP contribution >= 0.6 is 23.2 Å². The Balaban J connectivity index is 1.45. The van der Waals surface area contributed by atoms with Crippen LogP contribution in [0.4, 0.5) is 15.9 Å². The normalized spacial score (nSPS) is 17.1. The van der Waals surface area contributed by atoms with E-state index in [1.165, 1.54) is 12.1 Å². The van der Waals surface area contributed by atoms with Crippen LogP contribution in [0.25, 0.3) is 11.1 Å². The Morgan fingerprint density at radius 1 is 1.24 bits per heavy atom. The molecule has 1 unspecified atom stereocenters. The van der Waals surface area contributed by atoms with Crippen LogP contribution in [0.5, 0.6) is 5.75 Å². The maximum Gasteiger partial charge on any atom is 0.233 e. The molecule has 0 radical (unpaired) electrons. The highest BCUT2D eigenvalue weighted by Gasteiger charge is 2.22. The van der Waals surface area contributed by atoms with E-state index < -0.39 is 28.0 Å². The summed E-state index contributed by atoms with van der Waals surface area (Å²) in [6.45, 7) is 3.21. The van der Waals surface area contributed by atoms with Gasteiger partial charge in [-0.15, -0.1) is 0 Å².